The summed E-state index contributed by atoms with van der Waals surface area (Å²) in [5.41, 5.74) is 0.980. The molecule has 0 aliphatic rings. The molecule has 1 aromatic rings. The Bertz CT molecular complexity index is 400. The third-order valence-corrected chi connectivity index (χ3v) is 2.89. The van der Waals surface area contributed by atoms with E-state index in [1.165, 1.54) is 0 Å². The van der Waals surface area contributed by atoms with E-state index in [-0.39, 0.29) is 6.04 Å². The van der Waals surface area contributed by atoms with Crippen molar-refractivity contribution in [2.24, 2.45) is 0 Å². The first kappa shape index (κ1) is 12.7. The van der Waals surface area contributed by atoms with Gasteiger partial charge in [-0.15, -0.1) is 0 Å². The first-order valence-electron chi connectivity index (χ1n) is 5.03. The minimum Gasteiger partial charge on any atom is -0.495 e. The van der Waals surface area contributed by atoms with E-state index in [2.05, 4.69) is 6.07 Å². The number of nitrogens with zero attached hydrogens (tertiary/aromatic N) is 2. The number of benzene rings is 1. The van der Waals surface area contributed by atoms with Gasteiger partial charge in [-0.3, -0.25) is 0 Å². The summed E-state index contributed by atoms with van der Waals surface area (Å²) in [6.45, 7) is 2.00. The molecule has 16 heavy (non-hydrogen) atoms. The van der Waals surface area contributed by atoms with Gasteiger partial charge in [0.05, 0.1) is 24.6 Å². The number of hydrogen-bond donors (Lipinski definition) is 0. The van der Waals surface area contributed by atoms with Gasteiger partial charge < -0.3 is 9.64 Å². The van der Waals surface area contributed by atoms with E-state index >= 15 is 0 Å². The fourth-order valence-electron chi connectivity index (χ4n) is 1.40. The van der Waals surface area contributed by atoms with Gasteiger partial charge in [-0.1, -0.05) is 11.6 Å². The standard InChI is InChI=1S/C12H15ClN2O/c1-9(6-7-14)15(2)10-4-5-12(16-3)11(13)8-10/h4-5,8-9H,6H2,1-3H3. The molecule has 1 rings (SSSR count). The molecule has 0 aliphatic carbocycles. The summed E-state index contributed by atoms with van der Waals surface area (Å²) >= 11 is 6.04. The van der Waals surface area contributed by atoms with Crippen LogP contribution in [0.3, 0.4) is 0 Å². The molecule has 4 heteroatoms. The monoisotopic (exact) mass is 238 g/mol. The van der Waals surface area contributed by atoms with Crippen LogP contribution in [0.5, 0.6) is 5.75 Å². The van der Waals surface area contributed by atoms with E-state index in [0.29, 0.717) is 17.2 Å². The molecule has 0 saturated carbocycles. The maximum atomic E-state index is 8.65. The zero-order valence-electron chi connectivity index (χ0n) is 9.70. The van der Waals surface area contributed by atoms with Gasteiger partial charge in [-0.2, -0.15) is 5.26 Å². The molecule has 1 unspecified atom stereocenters. The Kier molecular flexibility index (Phi) is 4.45. The Labute approximate surface area is 101 Å². The van der Waals surface area contributed by atoms with E-state index in [1.54, 1.807) is 7.11 Å². The number of rotatable bonds is 4. The number of nitriles is 1. The maximum absolute atomic E-state index is 8.65. The van der Waals surface area contributed by atoms with Gasteiger partial charge in [0.1, 0.15) is 5.75 Å². The van der Waals surface area contributed by atoms with Crippen LogP contribution in [0.25, 0.3) is 0 Å². The van der Waals surface area contributed by atoms with E-state index in [1.807, 2.05) is 37.1 Å². The molecule has 1 atom stereocenters. The highest BCUT2D eigenvalue weighted by atomic mass is 35.5. The second-order valence-electron chi connectivity index (χ2n) is 3.64. The van der Waals surface area contributed by atoms with Crippen LogP contribution in [-0.2, 0) is 0 Å². The van der Waals surface area contributed by atoms with Crippen LogP contribution in [0, 0.1) is 11.3 Å². The summed E-state index contributed by atoms with van der Waals surface area (Å²) in [6.07, 6.45) is 0.486. The van der Waals surface area contributed by atoms with Gasteiger partial charge in [-0.25, -0.2) is 0 Å². The molecule has 0 saturated heterocycles. The lowest BCUT2D eigenvalue weighted by atomic mass is 10.2. The van der Waals surface area contributed by atoms with E-state index in [0.717, 1.165) is 5.69 Å². The van der Waals surface area contributed by atoms with Crippen molar-refractivity contribution in [1.29, 1.82) is 5.26 Å². The summed E-state index contributed by atoms with van der Waals surface area (Å²) in [4.78, 5) is 2.02. The Morgan fingerprint density at radius 1 is 1.56 bits per heavy atom. The largest absolute Gasteiger partial charge is 0.495 e. The average Bonchev–Trinajstić information content (AvgIpc) is 2.28. The van der Waals surface area contributed by atoms with Gasteiger partial charge >= 0.3 is 0 Å². The Morgan fingerprint density at radius 2 is 2.25 bits per heavy atom. The highest BCUT2D eigenvalue weighted by Crippen LogP contribution is 2.29. The molecule has 0 radical (unpaired) electrons. The zero-order chi connectivity index (χ0) is 12.1. The van der Waals surface area contributed by atoms with Crippen molar-refractivity contribution < 1.29 is 4.74 Å². The van der Waals surface area contributed by atoms with Gasteiger partial charge in [0.25, 0.3) is 0 Å². The molecule has 86 valence electrons. The van der Waals surface area contributed by atoms with E-state index in [9.17, 15) is 0 Å². The smallest absolute Gasteiger partial charge is 0.137 e. The molecule has 0 fully saturated rings. The molecular weight excluding hydrogens is 224 g/mol. The van der Waals surface area contributed by atoms with Crippen LogP contribution in [-0.4, -0.2) is 20.2 Å². The van der Waals surface area contributed by atoms with Crippen LogP contribution in [0.15, 0.2) is 18.2 Å². The van der Waals surface area contributed by atoms with Gasteiger partial charge in [-0.05, 0) is 25.1 Å². The number of methoxy groups -OCH3 is 1. The molecule has 0 bridgehead atoms. The molecule has 0 aliphatic heterocycles. The second kappa shape index (κ2) is 5.62. The van der Waals surface area contributed by atoms with Crippen LogP contribution in [0.2, 0.25) is 5.02 Å². The highest BCUT2D eigenvalue weighted by molar-refractivity contribution is 6.32. The van der Waals surface area contributed by atoms with Crippen LogP contribution in [0.4, 0.5) is 5.69 Å². The zero-order valence-corrected chi connectivity index (χ0v) is 10.5. The van der Waals surface area contributed by atoms with Crippen molar-refractivity contribution in [3.8, 4) is 11.8 Å². The topological polar surface area (TPSA) is 36.3 Å². The summed E-state index contributed by atoms with van der Waals surface area (Å²) in [7, 11) is 3.53. The molecule has 0 aromatic heterocycles. The lowest BCUT2D eigenvalue weighted by Crippen LogP contribution is -2.28. The summed E-state index contributed by atoms with van der Waals surface area (Å²) in [5.74, 6) is 0.659. The molecule has 3 nitrogen and oxygen atoms in total. The van der Waals surface area contributed by atoms with E-state index < -0.39 is 0 Å². The van der Waals surface area contributed by atoms with Crippen LogP contribution in [0.1, 0.15) is 13.3 Å². The van der Waals surface area contributed by atoms with Crippen molar-refractivity contribution in [3.63, 3.8) is 0 Å². The predicted octanol–water partition coefficient (Wildman–Crippen LogP) is 3.09. The molecule has 0 amide bonds. The van der Waals surface area contributed by atoms with Crippen molar-refractivity contribution >= 4 is 17.3 Å². The number of anilines is 1. The number of hydrogen-bond acceptors (Lipinski definition) is 3. The quantitative estimate of drug-likeness (QED) is 0.809. The summed E-state index contributed by atoms with van der Waals surface area (Å²) in [5, 5.41) is 9.23. The first-order chi connectivity index (χ1) is 7.60. The third kappa shape index (κ3) is 2.80. The first-order valence-corrected chi connectivity index (χ1v) is 5.41. The van der Waals surface area contributed by atoms with E-state index in [4.69, 9.17) is 21.6 Å². The third-order valence-electron chi connectivity index (χ3n) is 2.59. The molecule has 0 spiro atoms. The summed E-state index contributed by atoms with van der Waals surface area (Å²) < 4.78 is 5.08. The molecular formula is C12H15ClN2O. The fourth-order valence-corrected chi connectivity index (χ4v) is 1.65. The average molecular weight is 239 g/mol. The Morgan fingerprint density at radius 3 is 2.75 bits per heavy atom. The molecule has 1 aromatic carbocycles. The maximum Gasteiger partial charge on any atom is 0.137 e. The van der Waals surface area contributed by atoms with Crippen molar-refractivity contribution in [3.05, 3.63) is 23.2 Å². The van der Waals surface area contributed by atoms with Crippen molar-refractivity contribution in [1.82, 2.24) is 0 Å². The minimum atomic E-state index is 0.162. The Hall–Kier alpha value is -1.40. The lowest BCUT2D eigenvalue weighted by Gasteiger charge is -2.25. The van der Waals surface area contributed by atoms with Crippen LogP contribution >= 0.6 is 11.6 Å². The van der Waals surface area contributed by atoms with Gasteiger partial charge in [0, 0.05) is 18.8 Å². The van der Waals surface area contributed by atoms with Gasteiger partial charge in [0.2, 0.25) is 0 Å². The number of ether oxygens (including phenoxy) is 1. The number of halogens is 1. The Balaban J connectivity index is 2.89. The lowest BCUT2D eigenvalue weighted by molar-refractivity contribution is 0.415. The summed E-state index contributed by atoms with van der Waals surface area (Å²) in [6, 6.07) is 7.91. The second-order valence-corrected chi connectivity index (χ2v) is 4.05. The predicted molar refractivity (Wildman–Crippen MR) is 66.1 cm³/mol. The molecule has 0 N–H and O–H groups in total. The van der Waals surface area contributed by atoms with Crippen LogP contribution < -0.4 is 9.64 Å². The normalized spacial score (nSPS) is 11.7. The highest BCUT2D eigenvalue weighted by Gasteiger charge is 2.11. The van der Waals surface area contributed by atoms with Crippen molar-refractivity contribution in [2.75, 3.05) is 19.1 Å². The van der Waals surface area contributed by atoms with Crippen molar-refractivity contribution in [2.45, 2.75) is 19.4 Å². The SMILES string of the molecule is COc1ccc(N(C)C(C)CC#N)cc1Cl. The fraction of sp³-hybridized carbons (Fsp3) is 0.417. The van der Waals surface area contributed by atoms with Gasteiger partial charge in [0.15, 0.2) is 0 Å². The molecule has 0 heterocycles. The minimum absolute atomic E-state index is 0.162.